The van der Waals surface area contributed by atoms with Crippen LogP contribution in [0, 0.1) is 11.8 Å². The number of rotatable bonds is 10. The van der Waals surface area contributed by atoms with E-state index >= 15 is 0 Å². The highest BCUT2D eigenvalue weighted by Gasteiger charge is 2.30. The van der Waals surface area contributed by atoms with Gasteiger partial charge in [0.2, 0.25) is 0 Å². The first-order valence-corrected chi connectivity index (χ1v) is 12.3. The third kappa shape index (κ3) is 6.25. The summed E-state index contributed by atoms with van der Waals surface area (Å²) in [6.45, 7) is 9.34. The van der Waals surface area contributed by atoms with Crippen molar-refractivity contribution >= 4 is 23.0 Å². The Morgan fingerprint density at radius 1 is 1.03 bits per heavy atom. The van der Waals surface area contributed by atoms with Gasteiger partial charge in [0.05, 0.1) is 16.9 Å². The quantitative estimate of drug-likeness (QED) is 0.170. The molecule has 1 aliphatic heterocycles. The first-order valence-electron chi connectivity index (χ1n) is 12.3. The number of allylic oxidation sites excluding steroid dienone is 2. The van der Waals surface area contributed by atoms with Gasteiger partial charge < -0.3 is 25.5 Å². The number of phenols is 3. The zero-order valence-corrected chi connectivity index (χ0v) is 20.8. The van der Waals surface area contributed by atoms with Gasteiger partial charge in [-0.1, -0.05) is 44.9 Å². The van der Waals surface area contributed by atoms with E-state index in [9.17, 15) is 20.1 Å². The van der Waals surface area contributed by atoms with Crippen LogP contribution >= 0.6 is 0 Å². The van der Waals surface area contributed by atoms with Crippen molar-refractivity contribution in [3.8, 4) is 17.2 Å². The minimum absolute atomic E-state index is 0.0740. The molecule has 4 N–H and O–H groups in total. The molecule has 0 bridgehead atoms. The van der Waals surface area contributed by atoms with Crippen LogP contribution in [-0.4, -0.2) is 27.8 Å². The van der Waals surface area contributed by atoms with Gasteiger partial charge in [0, 0.05) is 18.7 Å². The number of aromatic hydroxyl groups is 3. The van der Waals surface area contributed by atoms with Crippen molar-refractivity contribution in [1.82, 2.24) is 0 Å². The zero-order chi connectivity index (χ0) is 24.8. The standard InChI is InChI=1S/C28H38N2O4/c1-18(2)8-5-9-19(3)10-6-11-20(4)14-15-30-23-16-21(31)17-25(33)27(23)29-26-22(28(30)34)12-7-13-24(26)32/h7,10,12-13,16-18,20,29,31-33H,5-6,8-9,11,14-15H2,1-4H3/b19-10+. The molecule has 0 aromatic heterocycles. The second-order valence-corrected chi connectivity index (χ2v) is 9.95. The van der Waals surface area contributed by atoms with E-state index in [1.54, 1.807) is 17.0 Å². The van der Waals surface area contributed by atoms with E-state index < -0.39 is 0 Å². The number of hydrogen-bond donors (Lipinski definition) is 4. The van der Waals surface area contributed by atoms with Crippen LogP contribution in [0.3, 0.4) is 0 Å². The van der Waals surface area contributed by atoms with Crippen molar-refractivity contribution in [3.63, 3.8) is 0 Å². The molecule has 0 aliphatic carbocycles. The smallest absolute Gasteiger partial charge is 0.260 e. The minimum Gasteiger partial charge on any atom is -0.508 e. The maximum absolute atomic E-state index is 13.4. The van der Waals surface area contributed by atoms with Crippen molar-refractivity contribution < 1.29 is 20.1 Å². The molecule has 0 fully saturated rings. The SMILES string of the molecule is C/C(=C\CCC(C)CCN1C(=O)c2cccc(O)c2Nc2c(O)cc(O)cc21)CCCC(C)C. The lowest BCUT2D eigenvalue weighted by Crippen LogP contribution is -2.32. The van der Waals surface area contributed by atoms with Crippen LogP contribution in [0.5, 0.6) is 17.2 Å². The fraction of sp³-hybridized carbons (Fsp3) is 0.464. The monoisotopic (exact) mass is 466 g/mol. The number of amides is 1. The summed E-state index contributed by atoms with van der Waals surface area (Å²) in [4.78, 5) is 15.0. The molecule has 2 aromatic carbocycles. The van der Waals surface area contributed by atoms with E-state index in [0.717, 1.165) is 31.6 Å². The number of para-hydroxylation sites is 1. The Hall–Kier alpha value is -3.15. The fourth-order valence-electron chi connectivity index (χ4n) is 4.39. The van der Waals surface area contributed by atoms with Crippen LogP contribution in [0.4, 0.5) is 17.1 Å². The van der Waals surface area contributed by atoms with Crippen LogP contribution < -0.4 is 10.2 Å². The summed E-state index contributed by atoms with van der Waals surface area (Å²) >= 11 is 0. The van der Waals surface area contributed by atoms with Crippen molar-refractivity contribution in [2.75, 3.05) is 16.8 Å². The van der Waals surface area contributed by atoms with Gasteiger partial charge in [-0.3, -0.25) is 4.79 Å². The average Bonchev–Trinajstić information content (AvgIpc) is 2.87. The topological polar surface area (TPSA) is 93.0 Å². The molecule has 0 spiro atoms. The minimum atomic E-state index is -0.282. The number of fused-ring (bicyclic) bond motifs is 2. The number of nitrogens with one attached hydrogen (secondary N) is 1. The third-order valence-corrected chi connectivity index (χ3v) is 6.49. The number of hydrogen-bond acceptors (Lipinski definition) is 5. The summed E-state index contributed by atoms with van der Waals surface area (Å²) in [6, 6.07) is 7.45. The molecule has 1 aliphatic rings. The lowest BCUT2D eigenvalue weighted by Gasteiger charge is -2.25. The molecule has 6 heteroatoms. The second-order valence-electron chi connectivity index (χ2n) is 9.95. The Morgan fingerprint density at radius 3 is 2.53 bits per heavy atom. The van der Waals surface area contributed by atoms with Gasteiger partial charge in [-0.2, -0.15) is 0 Å². The van der Waals surface area contributed by atoms with Crippen LogP contribution in [0.2, 0.25) is 0 Å². The molecule has 3 rings (SSSR count). The summed E-state index contributed by atoms with van der Waals surface area (Å²) in [6.07, 6.45) is 8.79. The van der Waals surface area contributed by atoms with Gasteiger partial charge in [-0.25, -0.2) is 0 Å². The molecule has 0 saturated heterocycles. The molecule has 34 heavy (non-hydrogen) atoms. The highest BCUT2D eigenvalue weighted by molar-refractivity contribution is 6.15. The fourth-order valence-corrected chi connectivity index (χ4v) is 4.39. The van der Waals surface area contributed by atoms with Crippen LogP contribution in [0.15, 0.2) is 42.0 Å². The maximum atomic E-state index is 13.4. The number of phenolic OH excluding ortho intramolecular Hbond substituents is 3. The number of carbonyl (C=O) groups excluding carboxylic acids is 1. The normalized spacial score (nSPS) is 14.4. The van der Waals surface area contributed by atoms with E-state index in [-0.39, 0.29) is 28.8 Å². The van der Waals surface area contributed by atoms with E-state index in [2.05, 4.69) is 39.1 Å². The molecular formula is C28H38N2O4. The van der Waals surface area contributed by atoms with Gasteiger partial charge in [-0.05, 0) is 63.0 Å². The van der Waals surface area contributed by atoms with Crippen molar-refractivity contribution in [2.45, 2.75) is 66.2 Å². The lowest BCUT2D eigenvalue weighted by atomic mass is 9.98. The highest BCUT2D eigenvalue weighted by Crippen LogP contribution is 2.45. The highest BCUT2D eigenvalue weighted by atomic mass is 16.3. The number of benzene rings is 2. The molecule has 1 atom stereocenters. The Balaban J connectivity index is 1.70. The first-order chi connectivity index (χ1) is 16.2. The summed E-state index contributed by atoms with van der Waals surface area (Å²) in [5.41, 5.74) is 2.70. The zero-order valence-electron chi connectivity index (χ0n) is 20.8. The van der Waals surface area contributed by atoms with Crippen LogP contribution in [0.25, 0.3) is 0 Å². The summed E-state index contributed by atoms with van der Waals surface area (Å²) in [7, 11) is 0. The first kappa shape index (κ1) is 25.5. The molecule has 184 valence electrons. The molecule has 0 saturated carbocycles. The molecule has 1 unspecified atom stereocenters. The number of anilines is 3. The predicted octanol–water partition coefficient (Wildman–Crippen LogP) is 7.09. The van der Waals surface area contributed by atoms with Gasteiger partial charge in [0.15, 0.2) is 0 Å². The lowest BCUT2D eigenvalue weighted by molar-refractivity contribution is 0.0986. The largest absolute Gasteiger partial charge is 0.508 e. The summed E-state index contributed by atoms with van der Waals surface area (Å²) in [5, 5.41) is 33.9. The van der Waals surface area contributed by atoms with Crippen molar-refractivity contribution in [1.29, 1.82) is 0 Å². The van der Waals surface area contributed by atoms with E-state index in [1.807, 2.05) is 0 Å². The van der Waals surface area contributed by atoms with Crippen molar-refractivity contribution in [2.24, 2.45) is 11.8 Å². The molecule has 0 radical (unpaired) electrons. The Labute approximate surface area is 202 Å². The summed E-state index contributed by atoms with van der Waals surface area (Å²) in [5.74, 6) is 0.466. The van der Waals surface area contributed by atoms with Gasteiger partial charge in [-0.15, -0.1) is 0 Å². The Kier molecular flexibility index (Phi) is 8.48. The van der Waals surface area contributed by atoms with Gasteiger partial charge >= 0.3 is 0 Å². The van der Waals surface area contributed by atoms with E-state index in [0.29, 0.717) is 29.4 Å². The van der Waals surface area contributed by atoms with Gasteiger partial charge in [0.25, 0.3) is 5.91 Å². The molecular weight excluding hydrogens is 428 g/mol. The van der Waals surface area contributed by atoms with Crippen molar-refractivity contribution in [3.05, 3.63) is 47.5 Å². The number of carbonyl (C=O) groups is 1. The van der Waals surface area contributed by atoms with E-state index in [1.165, 1.54) is 36.6 Å². The average molecular weight is 467 g/mol. The Bertz CT molecular complexity index is 1040. The molecule has 1 heterocycles. The molecule has 2 aromatic rings. The number of nitrogens with zero attached hydrogens (tertiary/aromatic N) is 1. The molecule has 6 nitrogen and oxygen atoms in total. The Morgan fingerprint density at radius 2 is 1.79 bits per heavy atom. The van der Waals surface area contributed by atoms with Gasteiger partial charge in [0.1, 0.15) is 22.9 Å². The second kappa shape index (κ2) is 11.3. The third-order valence-electron chi connectivity index (χ3n) is 6.49. The predicted molar refractivity (Wildman–Crippen MR) is 138 cm³/mol. The maximum Gasteiger partial charge on any atom is 0.260 e. The van der Waals surface area contributed by atoms with Crippen LogP contribution in [0.1, 0.15) is 76.6 Å². The van der Waals surface area contributed by atoms with Crippen LogP contribution in [-0.2, 0) is 0 Å². The van der Waals surface area contributed by atoms with E-state index in [4.69, 9.17) is 0 Å². The summed E-state index contributed by atoms with van der Waals surface area (Å²) < 4.78 is 0. The molecule has 1 amide bonds.